The second-order valence-corrected chi connectivity index (χ2v) is 3.29. The van der Waals surface area contributed by atoms with Crippen LogP contribution in [0, 0.1) is 12.7 Å². The van der Waals surface area contributed by atoms with Crippen molar-refractivity contribution in [2.24, 2.45) is 0 Å². The number of benzene rings is 1. The highest BCUT2D eigenvalue weighted by molar-refractivity contribution is 5.25. The highest BCUT2D eigenvalue weighted by Gasteiger charge is 2.05. The predicted molar refractivity (Wildman–Crippen MR) is 53.2 cm³/mol. The molecule has 0 heterocycles. The zero-order valence-corrected chi connectivity index (χ0v) is 8.39. The van der Waals surface area contributed by atoms with Gasteiger partial charge in [0.05, 0.1) is 0 Å². The zero-order valence-electron chi connectivity index (χ0n) is 8.39. The fraction of sp³-hybridized carbons (Fsp3) is 0.455. The largest absolute Gasteiger partial charge is 0.310 e. The average molecular weight is 181 g/mol. The van der Waals surface area contributed by atoms with Crippen molar-refractivity contribution < 1.29 is 4.39 Å². The van der Waals surface area contributed by atoms with Crippen molar-refractivity contribution in [3.05, 3.63) is 35.1 Å². The van der Waals surface area contributed by atoms with Crippen molar-refractivity contribution in [2.75, 3.05) is 6.54 Å². The molecule has 0 radical (unpaired) electrons. The number of hydrogen-bond acceptors (Lipinski definition) is 1. The van der Waals surface area contributed by atoms with Gasteiger partial charge in [0.1, 0.15) is 5.82 Å². The van der Waals surface area contributed by atoms with Crippen LogP contribution >= 0.6 is 0 Å². The van der Waals surface area contributed by atoms with E-state index in [4.69, 9.17) is 0 Å². The van der Waals surface area contributed by atoms with Crippen molar-refractivity contribution in [1.82, 2.24) is 5.32 Å². The minimum Gasteiger partial charge on any atom is -0.310 e. The summed E-state index contributed by atoms with van der Waals surface area (Å²) in [6.07, 6.45) is 0. The molecule has 0 bridgehead atoms. The summed E-state index contributed by atoms with van der Waals surface area (Å²) in [5.41, 5.74) is 1.71. The summed E-state index contributed by atoms with van der Waals surface area (Å²) in [5.74, 6) is -0.123. The molecule has 13 heavy (non-hydrogen) atoms. The maximum atomic E-state index is 13.2. The van der Waals surface area contributed by atoms with E-state index in [9.17, 15) is 4.39 Å². The molecule has 0 aliphatic rings. The summed E-state index contributed by atoms with van der Waals surface area (Å²) in [5, 5.41) is 3.24. The number of rotatable bonds is 3. The lowest BCUT2D eigenvalue weighted by atomic mass is 10.1. The highest BCUT2D eigenvalue weighted by atomic mass is 19.1. The van der Waals surface area contributed by atoms with Crippen LogP contribution in [0.4, 0.5) is 4.39 Å². The molecule has 0 spiro atoms. The third kappa shape index (κ3) is 2.52. The quantitative estimate of drug-likeness (QED) is 0.756. The normalized spacial score (nSPS) is 12.9. The Balaban J connectivity index is 2.84. The van der Waals surface area contributed by atoms with Crippen molar-refractivity contribution in [3.63, 3.8) is 0 Å². The molecule has 0 fully saturated rings. The summed E-state index contributed by atoms with van der Waals surface area (Å²) >= 11 is 0. The Hall–Kier alpha value is -0.890. The van der Waals surface area contributed by atoms with Gasteiger partial charge in [0.2, 0.25) is 0 Å². The van der Waals surface area contributed by atoms with Crippen LogP contribution in [-0.2, 0) is 0 Å². The second kappa shape index (κ2) is 4.38. The number of halogens is 1. The van der Waals surface area contributed by atoms with E-state index >= 15 is 0 Å². The lowest BCUT2D eigenvalue weighted by Gasteiger charge is -2.12. The molecular weight excluding hydrogens is 165 g/mol. The van der Waals surface area contributed by atoms with Crippen LogP contribution in [0.3, 0.4) is 0 Å². The van der Waals surface area contributed by atoms with Crippen molar-refractivity contribution in [2.45, 2.75) is 26.8 Å². The van der Waals surface area contributed by atoms with E-state index in [2.05, 4.69) is 5.32 Å². The minimum absolute atomic E-state index is 0.123. The molecule has 0 saturated heterocycles. The smallest absolute Gasteiger partial charge is 0.126 e. The van der Waals surface area contributed by atoms with Gasteiger partial charge in [0.15, 0.2) is 0 Å². The van der Waals surface area contributed by atoms with E-state index in [1.54, 1.807) is 13.0 Å². The Morgan fingerprint density at radius 1 is 1.46 bits per heavy atom. The fourth-order valence-corrected chi connectivity index (χ4v) is 1.30. The van der Waals surface area contributed by atoms with Gasteiger partial charge in [-0.15, -0.1) is 0 Å². The van der Waals surface area contributed by atoms with Crippen LogP contribution in [0.15, 0.2) is 18.2 Å². The van der Waals surface area contributed by atoms with Crippen LogP contribution in [0.1, 0.15) is 31.0 Å². The first kappa shape index (κ1) is 10.2. The van der Waals surface area contributed by atoms with Gasteiger partial charge in [-0.25, -0.2) is 4.39 Å². The molecule has 1 rings (SSSR count). The molecule has 72 valence electrons. The van der Waals surface area contributed by atoms with Gasteiger partial charge < -0.3 is 5.32 Å². The second-order valence-electron chi connectivity index (χ2n) is 3.29. The molecule has 2 heteroatoms. The first-order valence-corrected chi connectivity index (χ1v) is 4.64. The summed E-state index contributed by atoms with van der Waals surface area (Å²) in [7, 11) is 0. The predicted octanol–water partition coefficient (Wildman–Crippen LogP) is 2.80. The van der Waals surface area contributed by atoms with Crippen molar-refractivity contribution >= 4 is 0 Å². The van der Waals surface area contributed by atoms with Gasteiger partial charge in [-0.1, -0.05) is 19.1 Å². The highest BCUT2D eigenvalue weighted by Crippen LogP contribution is 2.15. The molecule has 0 amide bonds. The molecular formula is C11H16FN. The van der Waals surface area contributed by atoms with Gasteiger partial charge in [-0.2, -0.15) is 0 Å². The molecule has 0 aliphatic carbocycles. The first-order valence-electron chi connectivity index (χ1n) is 4.64. The number of nitrogens with one attached hydrogen (secondary N) is 1. The number of aryl methyl sites for hydroxylation is 1. The lowest BCUT2D eigenvalue weighted by molar-refractivity contribution is 0.580. The van der Waals surface area contributed by atoms with E-state index in [-0.39, 0.29) is 11.9 Å². The van der Waals surface area contributed by atoms with E-state index in [0.29, 0.717) is 5.56 Å². The topological polar surface area (TPSA) is 12.0 Å². The SMILES string of the molecule is CCNC(C)c1ccc(C)c(F)c1. The molecule has 1 aromatic carbocycles. The first-order chi connectivity index (χ1) is 6.15. The van der Waals surface area contributed by atoms with Gasteiger partial charge in [-0.05, 0) is 37.6 Å². The van der Waals surface area contributed by atoms with Gasteiger partial charge in [-0.3, -0.25) is 0 Å². The van der Waals surface area contributed by atoms with Crippen LogP contribution < -0.4 is 5.32 Å². The molecule has 1 aromatic rings. The summed E-state index contributed by atoms with van der Waals surface area (Å²) in [4.78, 5) is 0. The zero-order chi connectivity index (χ0) is 9.84. The van der Waals surface area contributed by atoms with Crippen molar-refractivity contribution in [1.29, 1.82) is 0 Å². The lowest BCUT2D eigenvalue weighted by Crippen LogP contribution is -2.17. The third-order valence-electron chi connectivity index (χ3n) is 2.21. The Morgan fingerprint density at radius 3 is 2.69 bits per heavy atom. The average Bonchev–Trinajstić information content (AvgIpc) is 2.10. The van der Waals surface area contributed by atoms with Gasteiger partial charge >= 0.3 is 0 Å². The number of hydrogen-bond donors (Lipinski definition) is 1. The summed E-state index contributed by atoms with van der Waals surface area (Å²) in [6, 6.07) is 5.60. The van der Waals surface area contributed by atoms with E-state index in [1.165, 1.54) is 0 Å². The maximum absolute atomic E-state index is 13.2. The summed E-state index contributed by atoms with van der Waals surface area (Å²) < 4.78 is 13.2. The molecule has 1 nitrogen and oxygen atoms in total. The molecule has 1 unspecified atom stereocenters. The minimum atomic E-state index is -0.123. The standard InChI is InChI=1S/C11H16FN/c1-4-13-9(3)10-6-5-8(2)11(12)7-10/h5-7,9,13H,4H2,1-3H3. The molecule has 1 atom stereocenters. The monoisotopic (exact) mass is 181 g/mol. The third-order valence-corrected chi connectivity index (χ3v) is 2.21. The Morgan fingerprint density at radius 2 is 2.15 bits per heavy atom. The van der Waals surface area contributed by atoms with Crippen LogP contribution in [-0.4, -0.2) is 6.54 Å². The van der Waals surface area contributed by atoms with E-state index in [1.807, 2.05) is 26.0 Å². The Labute approximate surface area is 79.0 Å². The summed E-state index contributed by atoms with van der Waals surface area (Å²) in [6.45, 7) is 6.75. The van der Waals surface area contributed by atoms with Crippen molar-refractivity contribution in [3.8, 4) is 0 Å². The molecule has 0 aromatic heterocycles. The van der Waals surface area contributed by atoms with Gasteiger partial charge in [0, 0.05) is 6.04 Å². The maximum Gasteiger partial charge on any atom is 0.126 e. The van der Waals surface area contributed by atoms with E-state index < -0.39 is 0 Å². The van der Waals surface area contributed by atoms with Gasteiger partial charge in [0.25, 0.3) is 0 Å². The molecule has 1 N–H and O–H groups in total. The Kier molecular flexibility index (Phi) is 3.43. The fourth-order valence-electron chi connectivity index (χ4n) is 1.30. The van der Waals surface area contributed by atoms with Crippen LogP contribution in [0.5, 0.6) is 0 Å². The van der Waals surface area contributed by atoms with E-state index in [0.717, 1.165) is 12.1 Å². The Bertz CT molecular complexity index is 283. The molecule has 0 saturated carbocycles. The molecule has 0 aliphatic heterocycles. The van der Waals surface area contributed by atoms with Crippen LogP contribution in [0.2, 0.25) is 0 Å². The van der Waals surface area contributed by atoms with Crippen LogP contribution in [0.25, 0.3) is 0 Å².